The van der Waals surface area contributed by atoms with E-state index in [4.69, 9.17) is 9.47 Å². The average molecular weight is 423 g/mol. The summed E-state index contributed by atoms with van der Waals surface area (Å²) in [4.78, 5) is 26.2. The molecule has 0 radical (unpaired) electrons. The zero-order chi connectivity index (χ0) is 22.1. The molecule has 1 aliphatic rings. The first kappa shape index (κ1) is 22.6. The van der Waals surface area contributed by atoms with E-state index < -0.39 is 0 Å². The van der Waals surface area contributed by atoms with Crippen molar-refractivity contribution in [2.75, 3.05) is 31.6 Å². The van der Waals surface area contributed by atoms with Gasteiger partial charge in [0.2, 0.25) is 5.91 Å². The summed E-state index contributed by atoms with van der Waals surface area (Å²) in [5.74, 6) is 0.467. The van der Waals surface area contributed by atoms with E-state index in [-0.39, 0.29) is 17.9 Å². The second kappa shape index (κ2) is 11.3. The minimum absolute atomic E-state index is 0.0346. The van der Waals surface area contributed by atoms with Crippen molar-refractivity contribution in [1.82, 2.24) is 4.90 Å². The van der Waals surface area contributed by atoms with Gasteiger partial charge < -0.3 is 14.8 Å². The van der Waals surface area contributed by atoms with Crippen LogP contribution in [0, 0.1) is 0 Å². The Labute approximate surface area is 183 Å². The second-order valence-electron chi connectivity index (χ2n) is 7.39. The first-order valence-electron chi connectivity index (χ1n) is 10.8. The molecule has 1 unspecified atom stereocenters. The molecule has 1 heterocycles. The molecular formula is C25H30N2O4. The highest BCUT2D eigenvalue weighted by molar-refractivity contribution is 5.92. The fourth-order valence-corrected chi connectivity index (χ4v) is 3.76. The zero-order valence-electron chi connectivity index (χ0n) is 18.2. The van der Waals surface area contributed by atoms with E-state index in [0.717, 1.165) is 36.4 Å². The summed E-state index contributed by atoms with van der Waals surface area (Å²) in [6.07, 6.45) is 5.20. The number of esters is 1. The van der Waals surface area contributed by atoms with Gasteiger partial charge in [0, 0.05) is 17.8 Å². The molecule has 2 aromatic rings. The summed E-state index contributed by atoms with van der Waals surface area (Å²) in [7, 11) is 0. The molecule has 6 heteroatoms. The van der Waals surface area contributed by atoms with E-state index in [1.807, 2.05) is 43.3 Å². The van der Waals surface area contributed by atoms with E-state index in [1.165, 1.54) is 11.6 Å². The summed E-state index contributed by atoms with van der Waals surface area (Å²) >= 11 is 0. The lowest BCUT2D eigenvalue weighted by Gasteiger charge is -2.24. The Morgan fingerprint density at radius 2 is 1.81 bits per heavy atom. The van der Waals surface area contributed by atoms with E-state index >= 15 is 0 Å². The van der Waals surface area contributed by atoms with Crippen LogP contribution in [0.2, 0.25) is 0 Å². The minimum atomic E-state index is -0.368. The Morgan fingerprint density at radius 1 is 1.06 bits per heavy atom. The lowest BCUT2D eigenvalue weighted by atomic mass is 10.0. The molecule has 6 nitrogen and oxygen atoms in total. The third kappa shape index (κ3) is 6.69. The number of hydrogen-bond donors (Lipinski definition) is 1. The van der Waals surface area contributed by atoms with E-state index in [9.17, 15) is 9.59 Å². The van der Waals surface area contributed by atoms with Crippen molar-refractivity contribution >= 4 is 23.6 Å². The molecule has 0 aromatic heterocycles. The van der Waals surface area contributed by atoms with Crippen molar-refractivity contribution in [3.63, 3.8) is 0 Å². The molecule has 1 N–H and O–H groups in total. The van der Waals surface area contributed by atoms with Crippen LogP contribution >= 0.6 is 0 Å². The standard InChI is InChI=1S/C25H30N2O4/c1-3-30-22-14-10-20(11-15-22)23-6-5-17-27(23)18-24(28)26-21-12-7-19(8-13-21)9-16-25(29)31-4-2/h7-16,23H,3-6,17-18H2,1-2H3,(H,26,28)/b16-9+. The smallest absolute Gasteiger partial charge is 0.330 e. The highest BCUT2D eigenvalue weighted by atomic mass is 16.5. The van der Waals surface area contributed by atoms with E-state index in [2.05, 4.69) is 22.3 Å². The summed E-state index contributed by atoms with van der Waals surface area (Å²) < 4.78 is 10.4. The minimum Gasteiger partial charge on any atom is -0.494 e. The van der Waals surface area contributed by atoms with Crippen molar-refractivity contribution in [2.24, 2.45) is 0 Å². The number of likely N-dealkylation sites (tertiary alicyclic amines) is 1. The zero-order valence-corrected chi connectivity index (χ0v) is 18.2. The number of carbonyl (C=O) groups is 2. The molecule has 1 atom stereocenters. The molecule has 164 valence electrons. The number of anilines is 1. The first-order chi connectivity index (χ1) is 15.1. The Morgan fingerprint density at radius 3 is 2.48 bits per heavy atom. The topological polar surface area (TPSA) is 67.9 Å². The molecule has 1 saturated heterocycles. The SMILES string of the molecule is CCOC(=O)/C=C/c1ccc(NC(=O)CN2CCCC2c2ccc(OCC)cc2)cc1. The number of carbonyl (C=O) groups excluding carboxylic acids is 2. The highest BCUT2D eigenvalue weighted by Crippen LogP contribution is 2.32. The van der Waals surface area contributed by atoms with E-state index in [0.29, 0.717) is 19.8 Å². The van der Waals surface area contributed by atoms with Gasteiger partial charge in [0.1, 0.15) is 5.75 Å². The lowest BCUT2D eigenvalue weighted by Crippen LogP contribution is -2.32. The summed E-state index contributed by atoms with van der Waals surface area (Å²) in [5, 5.41) is 2.96. The van der Waals surface area contributed by atoms with Crippen LogP contribution in [0.25, 0.3) is 6.08 Å². The maximum absolute atomic E-state index is 12.6. The maximum atomic E-state index is 12.6. The van der Waals surface area contributed by atoms with Crippen molar-refractivity contribution in [3.05, 3.63) is 65.7 Å². The normalized spacial score (nSPS) is 16.4. The molecule has 2 aromatic carbocycles. The number of nitrogens with zero attached hydrogens (tertiary/aromatic N) is 1. The number of benzene rings is 2. The van der Waals surface area contributed by atoms with Gasteiger partial charge in [-0.1, -0.05) is 24.3 Å². The van der Waals surface area contributed by atoms with Crippen LogP contribution in [0.5, 0.6) is 5.75 Å². The van der Waals surface area contributed by atoms with Gasteiger partial charge in [-0.15, -0.1) is 0 Å². The Balaban J connectivity index is 1.54. The Bertz CT molecular complexity index is 891. The number of nitrogens with one attached hydrogen (secondary N) is 1. The van der Waals surface area contributed by atoms with Crippen molar-refractivity contribution in [3.8, 4) is 5.75 Å². The van der Waals surface area contributed by atoms with Crippen LogP contribution < -0.4 is 10.1 Å². The van der Waals surface area contributed by atoms with Gasteiger partial charge in [-0.3, -0.25) is 9.69 Å². The first-order valence-corrected chi connectivity index (χ1v) is 10.8. The van der Waals surface area contributed by atoms with Crippen molar-refractivity contribution in [1.29, 1.82) is 0 Å². The number of ether oxygens (including phenoxy) is 2. The fourth-order valence-electron chi connectivity index (χ4n) is 3.76. The van der Waals surface area contributed by atoms with Gasteiger partial charge in [0.15, 0.2) is 0 Å². The van der Waals surface area contributed by atoms with Gasteiger partial charge in [-0.05, 0) is 74.7 Å². The van der Waals surface area contributed by atoms with Crippen LogP contribution in [-0.2, 0) is 14.3 Å². The quantitative estimate of drug-likeness (QED) is 0.478. The van der Waals surface area contributed by atoms with E-state index in [1.54, 1.807) is 13.0 Å². The molecule has 31 heavy (non-hydrogen) atoms. The molecule has 0 aliphatic carbocycles. The second-order valence-corrected chi connectivity index (χ2v) is 7.39. The molecule has 0 saturated carbocycles. The summed E-state index contributed by atoms with van der Waals surface area (Å²) in [6.45, 7) is 6.00. The molecule has 1 fully saturated rings. The lowest BCUT2D eigenvalue weighted by molar-refractivity contribution is -0.137. The third-order valence-corrected chi connectivity index (χ3v) is 5.18. The van der Waals surface area contributed by atoms with Crippen LogP contribution in [0.1, 0.15) is 43.9 Å². The number of amides is 1. The van der Waals surface area contributed by atoms with Gasteiger partial charge in [-0.2, -0.15) is 0 Å². The fraction of sp³-hybridized carbons (Fsp3) is 0.360. The molecule has 0 bridgehead atoms. The molecule has 1 amide bonds. The molecule has 3 rings (SSSR count). The summed E-state index contributed by atoms with van der Waals surface area (Å²) in [6, 6.07) is 15.8. The van der Waals surface area contributed by atoms with Gasteiger partial charge in [0.25, 0.3) is 0 Å². The van der Waals surface area contributed by atoms with Gasteiger partial charge in [-0.25, -0.2) is 4.79 Å². The van der Waals surface area contributed by atoms with Crippen LogP contribution in [0.15, 0.2) is 54.6 Å². The number of hydrogen-bond acceptors (Lipinski definition) is 5. The van der Waals surface area contributed by atoms with Gasteiger partial charge >= 0.3 is 5.97 Å². The largest absolute Gasteiger partial charge is 0.494 e. The maximum Gasteiger partial charge on any atom is 0.330 e. The predicted molar refractivity (Wildman–Crippen MR) is 122 cm³/mol. The average Bonchev–Trinajstić information content (AvgIpc) is 3.22. The van der Waals surface area contributed by atoms with Crippen molar-refractivity contribution < 1.29 is 19.1 Å². The van der Waals surface area contributed by atoms with Crippen LogP contribution in [0.3, 0.4) is 0 Å². The Kier molecular flexibility index (Phi) is 8.24. The molecule has 1 aliphatic heterocycles. The highest BCUT2D eigenvalue weighted by Gasteiger charge is 2.27. The van der Waals surface area contributed by atoms with Crippen LogP contribution in [0.4, 0.5) is 5.69 Å². The number of rotatable bonds is 9. The Hall–Kier alpha value is -3.12. The molecule has 0 spiro atoms. The third-order valence-electron chi connectivity index (χ3n) is 5.18. The predicted octanol–water partition coefficient (Wildman–Crippen LogP) is 4.44. The summed E-state index contributed by atoms with van der Waals surface area (Å²) in [5.41, 5.74) is 2.81. The molecular weight excluding hydrogens is 392 g/mol. The van der Waals surface area contributed by atoms with Crippen molar-refractivity contribution in [2.45, 2.75) is 32.7 Å². The van der Waals surface area contributed by atoms with Crippen LogP contribution in [-0.4, -0.2) is 43.1 Å². The monoisotopic (exact) mass is 422 g/mol. The van der Waals surface area contributed by atoms with Gasteiger partial charge in [0.05, 0.1) is 19.8 Å².